The third-order valence-corrected chi connectivity index (χ3v) is 3.50. The van der Waals surface area contributed by atoms with E-state index in [2.05, 4.69) is 15.2 Å². The van der Waals surface area contributed by atoms with Crippen LogP contribution in [0.5, 0.6) is 0 Å². The summed E-state index contributed by atoms with van der Waals surface area (Å²) in [5.41, 5.74) is 8.07. The van der Waals surface area contributed by atoms with Crippen LogP contribution in [0.2, 0.25) is 0 Å². The maximum atomic E-state index is 10.6. The summed E-state index contributed by atoms with van der Waals surface area (Å²) in [6, 6.07) is 15.6. The first kappa shape index (κ1) is 14.9. The zero-order chi connectivity index (χ0) is 16.2. The van der Waals surface area contributed by atoms with E-state index in [9.17, 15) is 10.1 Å². The van der Waals surface area contributed by atoms with Crippen molar-refractivity contribution in [2.75, 3.05) is 0 Å². The molecule has 1 aromatic heterocycles. The van der Waals surface area contributed by atoms with Gasteiger partial charge in [-0.05, 0) is 11.1 Å². The third-order valence-electron chi connectivity index (χ3n) is 3.50. The second-order valence-electron chi connectivity index (χ2n) is 5.13. The molecule has 0 radical (unpaired) electrons. The van der Waals surface area contributed by atoms with E-state index in [1.807, 2.05) is 30.3 Å². The van der Waals surface area contributed by atoms with Crippen LogP contribution in [0.1, 0.15) is 28.8 Å². The summed E-state index contributed by atoms with van der Waals surface area (Å²) in [4.78, 5) is 14.6. The molecule has 0 spiro atoms. The molecule has 7 heteroatoms. The normalized spacial score (nSPS) is 12.0. The highest BCUT2D eigenvalue weighted by Crippen LogP contribution is 2.17. The Labute approximate surface area is 132 Å². The first-order valence-electron chi connectivity index (χ1n) is 7.08. The quantitative estimate of drug-likeness (QED) is 0.555. The number of aromatic amines is 1. The van der Waals surface area contributed by atoms with Crippen molar-refractivity contribution in [1.82, 2.24) is 15.2 Å². The van der Waals surface area contributed by atoms with Crippen molar-refractivity contribution in [2.45, 2.75) is 12.5 Å². The number of nitrogens with zero attached hydrogens (tertiary/aromatic N) is 3. The van der Waals surface area contributed by atoms with E-state index in [-0.39, 0.29) is 5.69 Å². The molecule has 0 aliphatic carbocycles. The van der Waals surface area contributed by atoms with Gasteiger partial charge in [-0.1, -0.05) is 42.5 Å². The molecule has 0 amide bonds. The Morgan fingerprint density at radius 3 is 2.48 bits per heavy atom. The minimum absolute atomic E-state index is 0.0677. The molecular weight excluding hydrogens is 294 g/mol. The number of H-pyrrole nitrogens is 1. The topological polar surface area (TPSA) is 111 Å². The van der Waals surface area contributed by atoms with E-state index in [4.69, 9.17) is 5.73 Å². The minimum atomic E-state index is -0.421. The molecule has 0 unspecified atom stereocenters. The van der Waals surface area contributed by atoms with Crippen molar-refractivity contribution in [3.05, 3.63) is 87.5 Å². The van der Waals surface area contributed by atoms with Crippen LogP contribution in [-0.2, 0) is 6.42 Å². The van der Waals surface area contributed by atoms with Crippen LogP contribution in [0.15, 0.2) is 54.6 Å². The summed E-state index contributed by atoms with van der Waals surface area (Å²) in [6.07, 6.45) is 0.506. The maximum absolute atomic E-state index is 10.6. The van der Waals surface area contributed by atoms with Gasteiger partial charge in [-0.2, -0.15) is 5.10 Å². The van der Waals surface area contributed by atoms with Gasteiger partial charge in [-0.25, -0.2) is 4.98 Å². The fourth-order valence-corrected chi connectivity index (χ4v) is 2.27. The van der Waals surface area contributed by atoms with E-state index < -0.39 is 11.0 Å². The fraction of sp³-hybridized carbons (Fsp3) is 0.125. The van der Waals surface area contributed by atoms with E-state index in [0.29, 0.717) is 18.1 Å². The average molecular weight is 309 g/mol. The number of nitrogens with two attached hydrogens (primary N) is 1. The number of nitro groups is 1. The molecule has 3 rings (SSSR count). The van der Waals surface area contributed by atoms with Crippen molar-refractivity contribution in [3.63, 3.8) is 0 Å². The molecule has 2 aromatic carbocycles. The summed E-state index contributed by atoms with van der Waals surface area (Å²) >= 11 is 0. The highest BCUT2D eigenvalue weighted by Gasteiger charge is 2.14. The van der Waals surface area contributed by atoms with Crippen molar-refractivity contribution in [2.24, 2.45) is 5.73 Å². The Hall–Kier alpha value is -3.06. The molecule has 0 bridgehead atoms. The molecule has 7 nitrogen and oxygen atoms in total. The molecule has 0 aliphatic heterocycles. The monoisotopic (exact) mass is 309 g/mol. The van der Waals surface area contributed by atoms with Gasteiger partial charge in [0.15, 0.2) is 5.82 Å². The summed E-state index contributed by atoms with van der Waals surface area (Å²) in [7, 11) is 0. The third kappa shape index (κ3) is 3.41. The molecule has 0 saturated heterocycles. The lowest BCUT2D eigenvalue weighted by molar-refractivity contribution is -0.384. The predicted molar refractivity (Wildman–Crippen MR) is 84.8 cm³/mol. The Morgan fingerprint density at radius 1 is 1.13 bits per heavy atom. The van der Waals surface area contributed by atoms with Gasteiger partial charge in [0, 0.05) is 18.6 Å². The number of nitro benzene ring substituents is 1. The number of non-ortho nitro benzene ring substituents is 1. The Kier molecular flexibility index (Phi) is 4.11. The highest BCUT2D eigenvalue weighted by molar-refractivity contribution is 5.34. The van der Waals surface area contributed by atoms with Gasteiger partial charge >= 0.3 is 0 Å². The van der Waals surface area contributed by atoms with E-state index in [1.165, 1.54) is 12.1 Å². The molecule has 1 heterocycles. The Morgan fingerprint density at radius 2 is 1.83 bits per heavy atom. The largest absolute Gasteiger partial charge is 0.318 e. The number of rotatable bonds is 5. The molecular formula is C16H15N5O2. The number of aromatic nitrogens is 3. The highest BCUT2D eigenvalue weighted by atomic mass is 16.6. The summed E-state index contributed by atoms with van der Waals surface area (Å²) in [6.45, 7) is 0. The van der Waals surface area contributed by atoms with Crippen molar-refractivity contribution < 1.29 is 4.92 Å². The first-order valence-corrected chi connectivity index (χ1v) is 7.08. The van der Waals surface area contributed by atoms with Gasteiger partial charge in [-0.3, -0.25) is 15.2 Å². The van der Waals surface area contributed by atoms with Gasteiger partial charge in [0.2, 0.25) is 0 Å². The maximum Gasteiger partial charge on any atom is 0.269 e. The SMILES string of the molecule is N[C@@H](c1ccccc1)c1n[nH]c(Cc2ccc([N+](=O)[O-])cc2)n1. The minimum Gasteiger partial charge on any atom is -0.318 e. The standard InChI is InChI=1S/C16H15N5O2/c17-15(12-4-2-1-3-5-12)16-18-14(19-20-16)10-11-6-8-13(9-7-11)21(22)23/h1-9,15H,10,17H2,(H,18,19,20)/t15-/m0/s1. The van der Waals surface area contributed by atoms with Gasteiger partial charge in [0.1, 0.15) is 5.82 Å². The van der Waals surface area contributed by atoms with E-state index in [1.54, 1.807) is 12.1 Å². The van der Waals surface area contributed by atoms with Crippen LogP contribution < -0.4 is 5.73 Å². The molecule has 116 valence electrons. The molecule has 23 heavy (non-hydrogen) atoms. The van der Waals surface area contributed by atoms with Gasteiger partial charge in [-0.15, -0.1) is 0 Å². The number of nitrogens with one attached hydrogen (secondary N) is 1. The predicted octanol–water partition coefficient (Wildman–Crippen LogP) is 2.35. The summed E-state index contributed by atoms with van der Waals surface area (Å²) in [5.74, 6) is 1.19. The van der Waals surface area contributed by atoms with E-state index >= 15 is 0 Å². The molecule has 3 aromatic rings. The fourth-order valence-electron chi connectivity index (χ4n) is 2.27. The first-order chi connectivity index (χ1) is 11.1. The lowest BCUT2D eigenvalue weighted by Crippen LogP contribution is -2.13. The molecule has 0 saturated carbocycles. The van der Waals surface area contributed by atoms with Crippen LogP contribution in [0.3, 0.4) is 0 Å². The van der Waals surface area contributed by atoms with Gasteiger partial charge in [0.25, 0.3) is 5.69 Å². The van der Waals surface area contributed by atoms with E-state index in [0.717, 1.165) is 11.1 Å². The lowest BCUT2D eigenvalue weighted by Gasteiger charge is -2.06. The summed E-state index contributed by atoms with van der Waals surface area (Å²) < 4.78 is 0. The van der Waals surface area contributed by atoms with Crippen molar-refractivity contribution in [1.29, 1.82) is 0 Å². The van der Waals surface area contributed by atoms with Crippen molar-refractivity contribution in [3.8, 4) is 0 Å². The second kappa shape index (κ2) is 6.37. The van der Waals surface area contributed by atoms with Crippen LogP contribution in [0, 0.1) is 10.1 Å². The Bertz CT molecular complexity index is 799. The smallest absolute Gasteiger partial charge is 0.269 e. The van der Waals surface area contributed by atoms with Crippen LogP contribution in [0.25, 0.3) is 0 Å². The molecule has 0 fully saturated rings. The number of benzene rings is 2. The average Bonchev–Trinajstić information content (AvgIpc) is 3.04. The Balaban J connectivity index is 1.73. The van der Waals surface area contributed by atoms with Crippen LogP contribution >= 0.6 is 0 Å². The second-order valence-corrected chi connectivity index (χ2v) is 5.13. The van der Waals surface area contributed by atoms with Crippen LogP contribution in [0.4, 0.5) is 5.69 Å². The zero-order valence-electron chi connectivity index (χ0n) is 12.2. The summed E-state index contributed by atoms with van der Waals surface area (Å²) in [5, 5.41) is 17.7. The molecule has 3 N–H and O–H groups in total. The molecule has 1 atom stereocenters. The molecule has 0 aliphatic rings. The van der Waals surface area contributed by atoms with Gasteiger partial charge < -0.3 is 5.73 Å². The van der Waals surface area contributed by atoms with Crippen LogP contribution in [-0.4, -0.2) is 20.1 Å². The lowest BCUT2D eigenvalue weighted by atomic mass is 10.1. The zero-order valence-corrected chi connectivity index (χ0v) is 12.2. The van der Waals surface area contributed by atoms with Gasteiger partial charge in [0.05, 0.1) is 11.0 Å². The number of hydrogen-bond donors (Lipinski definition) is 2. The number of hydrogen-bond acceptors (Lipinski definition) is 5. The van der Waals surface area contributed by atoms with Crippen molar-refractivity contribution >= 4 is 5.69 Å².